The Morgan fingerprint density at radius 1 is 0.886 bits per heavy atom. The SMILES string of the molecule is COc1ccc(CC(CCCCNC(=O)c2ccccc2O)c2nnc(SCc3ccc(C)cc3)n2-c2ccccc2)cc1. The molecule has 0 spiro atoms. The molecule has 0 saturated carbocycles. The van der Waals surface area contributed by atoms with Gasteiger partial charge in [0.1, 0.15) is 17.3 Å². The molecule has 0 fully saturated rings. The second kappa shape index (κ2) is 15.3. The summed E-state index contributed by atoms with van der Waals surface area (Å²) in [4.78, 5) is 12.6. The van der Waals surface area contributed by atoms with E-state index in [1.54, 1.807) is 37.1 Å². The number of phenols is 1. The van der Waals surface area contributed by atoms with Crippen LogP contribution in [0.1, 0.15) is 58.1 Å². The predicted molar refractivity (Wildman–Crippen MR) is 176 cm³/mol. The summed E-state index contributed by atoms with van der Waals surface area (Å²) in [6.45, 7) is 2.62. The number of ether oxygens (including phenoxy) is 1. The molecule has 0 radical (unpaired) electrons. The Labute approximate surface area is 263 Å². The number of aromatic nitrogens is 3. The quantitative estimate of drug-likeness (QED) is 0.100. The van der Waals surface area contributed by atoms with Gasteiger partial charge in [-0.15, -0.1) is 10.2 Å². The molecule has 226 valence electrons. The van der Waals surface area contributed by atoms with Crippen molar-refractivity contribution in [1.29, 1.82) is 0 Å². The van der Waals surface area contributed by atoms with Crippen LogP contribution < -0.4 is 10.1 Å². The van der Waals surface area contributed by atoms with Crippen LogP contribution in [-0.4, -0.2) is 39.4 Å². The van der Waals surface area contributed by atoms with Crippen LogP contribution in [0.5, 0.6) is 11.5 Å². The van der Waals surface area contributed by atoms with Crippen LogP contribution in [0.2, 0.25) is 0 Å². The second-order valence-corrected chi connectivity index (χ2v) is 11.7. The number of benzene rings is 4. The van der Waals surface area contributed by atoms with Crippen LogP contribution in [0.25, 0.3) is 5.69 Å². The standard InChI is InChI=1S/C36H38N4O3S/c1-26-15-17-28(18-16-26)25-44-36-39-38-34(40(36)30-11-4-3-5-12-30)29(24-27-19-21-31(43-2)22-20-27)10-8-9-23-37-35(42)32-13-6-7-14-33(32)41/h3-7,11-22,29,41H,8-10,23-25H2,1-2H3,(H,37,42). The van der Waals surface area contributed by atoms with Gasteiger partial charge in [0.05, 0.1) is 12.7 Å². The molecule has 0 aliphatic heterocycles. The van der Waals surface area contributed by atoms with Crippen molar-refractivity contribution in [3.63, 3.8) is 0 Å². The van der Waals surface area contributed by atoms with E-state index in [1.165, 1.54) is 22.8 Å². The lowest BCUT2D eigenvalue weighted by atomic mass is 9.93. The van der Waals surface area contributed by atoms with E-state index in [9.17, 15) is 9.90 Å². The van der Waals surface area contributed by atoms with Gasteiger partial charge in [-0.05, 0) is 73.7 Å². The topological polar surface area (TPSA) is 89.3 Å². The third kappa shape index (κ3) is 8.08. The minimum atomic E-state index is -0.267. The number of hydrogen-bond acceptors (Lipinski definition) is 6. The first-order valence-electron chi connectivity index (χ1n) is 14.9. The van der Waals surface area contributed by atoms with Crippen LogP contribution in [0.4, 0.5) is 0 Å². The van der Waals surface area contributed by atoms with Gasteiger partial charge in [-0.2, -0.15) is 0 Å². The number of phenolic OH excluding ortho intramolecular Hbond substituents is 1. The number of aryl methyl sites for hydroxylation is 1. The number of carbonyl (C=O) groups is 1. The molecule has 8 heteroatoms. The number of carbonyl (C=O) groups excluding carboxylic acids is 1. The summed E-state index contributed by atoms with van der Waals surface area (Å²) in [6, 6.07) is 33.7. The highest BCUT2D eigenvalue weighted by Crippen LogP contribution is 2.32. The molecule has 1 heterocycles. The maximum Gasteiger partial charge on any atom is 0.255 e. The van der Waals surface area contributed by atoms with Crippen molar-refractivity contribution in [2.45, 2.75) is 49.4 Å². The number of thioether (sulfide) groups is 1. The van der Waals surface area contributed by atoms with Crippen LogP contribution in [0, 0.1) is 6.92 Å². The van der Waals surface area contributed by atoms with Crippen LogP contribution >= 0.6 is 11.8 Å². The zero-order valence-electron chi connectivity index (χ0n) is 25.1. The van der Waals surface area contributed by atoms with Crippen LogP contribution in [0.3, 0.4) is 0 Å². The number of nitrogens with one attached hydrogen (secondary N) is 1. The largest absolute Gasteiger partial charge is 0.507 e. The van der Waals surface area contributed by atoms with Gasteiger partial charge >= 0.3 is 0 Å². The first-order valence-corrected chi connectivity index (χ1v) is 15.9. The van der Waals surface area contributed by atoms with Gasteiger partial charge in [-0.25, -0.2) is 0 Å². The normalized spacial score (nSPS) is 11.7. The lowest BCUT2D eigenvalue weighted by molar-refractivity contribution is 0.0950. The van der Waals surface area contributed by atoms with Gasteiger partial charge in [0.15, 0.2) is 5.16 Å². The number of aromatic hydroxyl groups is 1. The molecule has 0 bridgehead atoms. The van der Waals surface area contributed by atoms with Gasteiger partial charge in [-0.3, -0.25) is 9.36 Å². The fourth-order valence-corrected chi connectivity index (χ4v) is 6.05. The van der Waals surface area contributed by atoms with Crippen LogP contribution in [-0.2, 0) is 12.2 Å². The van der Waals surface area contributed by atoms with Gasteiger partial charge in [0, 0.05) is 23.9 Å². The first kappa shape index (κ1) is 30.9. The third-order valence-electron chi connectivity index (χ3n) is 7.58. The van der Waals surface area contributed by atoms with E-state index in [0.717, 1.165) is 53.9 Å². The molecule has 5 rings (SSSR count). The van der Waals surface area contributed by atoms with Crippen molar-refractivity contribution >= 4 is 17.7 Å². The second-order valence-electron chi connectivity index (χ2n) is 10.8. The molecule has 2 N–H and O–H groups in total. The molecule has 0 saturated heterocycles. The fraction of sp³-hybridized carbons (Fsp3) is 0.250. The Kier molecular flexibility index (Phi) is 10.7. The molecular formula is C36H38N4O3S. The van der Waals surface area contributed by atoms with Crippen molar-refractivity contribution in [3.8, 4) is 17.2 Å². The molecule has 5 aromatic rings. The summed E-state index contributed by atoms with van der Waals surface area (Å²) < 4.78 is 7.58. The smallest absolute Gasteiger partial charge is 0.255 e. The molecule has 4 aromatic carbocycles. The zero-order chi connectivity index (χ0) is 30.7. The summed E-state index contributed by atoms with van der Waals surface area (Å²) in [5.41, 5.74) is 5.00. The molecule has 7 nitrogen and oxygen atoms in total. The minimum absolute atomic E-state index is 0.0131. The van der Waals surface area contributed by atoms with E-state index in [4.69, 9.17) is 14.9 Å². The number of para-hydroxylation sites is 2. The lowest BCUT2D eigenvalue weighted by Gasteiger charge is -2.19. The number of amides is 1. The highest BCUT2D eigenvalue weighted by molar-refractivity contribution is 7.98. The van der Waals surface area contributed by atoms with E-state index >= 15 is 0 Å². The summed E-state index contributed by atoms with van der Waals surface area (Å²) in [5.74, 6) is 2.37. The average molecular weight is 607 g/mol. The molecule has 0 aliphatic carbocycles. The van der Waals surface area contributed by atoms with Gasteiger partial charge in [0.2, 0.25) is 0 Å². The van der Waals surface area contributed by atoms with Crippen molar-refractivity contribution in [1.82, 2.24) is 20.1 Å². The predicted octanol–water partition coefficient (Wildman–Crippen LogP) is 7.51. The minimum Gasteiger partial charge on any atom is -0.507 e. The van der Waals surface area contributed by atoms with Crippen LogP contribution in [0.15, 0.2) is 108 Å². The maximum absolute atomic E-state index is 12.6. The van der Waals surface area contributed by atoms with Crippen molar-refractivity contribution in [3.05, 3.63) is 131 Å². The van der Waals surface area contributed by atoms with Gasteiger partial charge in [0.25, 0.3) is 5.91 Å². The molecule has 1 unspecified atom stereocenters. The number of rotatable bonds is 14. The first-order chi connectivity index (χ1) is 21.5. The molecule has 1 aromatic heterocycles. The summed E-state index contributed by atoms with van der Waals surface area (Å²) in [5, 5.41) is 23.3. The van der Waals surface area contributed by atoms with Crippen molar-refractivity contribution in [2.75, 3.05) is 13.7 Å². The molecular weight excluding hydrogens is 568 g/mol. The lowest BCUT2D eigenvalue weighted by Crippen LogP contribution is -2.24. The Morgan fingerprint density at radius 3 is 2.32 bits per heavy atom. The van der Waals surface area contributed by atoms with E-state index < -0.39 is 0 Å². The maximum atomic E-state index is 12.6. The van der Waals surface area contributed by atoms with E-state index in [1.807, 2.05) is 30.3 Å². The molecule has 1 atom stereocenters. The van der Waals surface area contributed by atoms with Gasteiger partial charge in [-0.1, -0.05) is 90.5 Å². The highest BCUT2D eigenvalue weighted by atomic mass is 32.2. The molecule has 1 amide bonds. The van der Waals surface area contributed by atoms with Crippen molar-refractivity contribution < 1.29 is 14.6 Å². The molecule has 44 heavy (non-hydrogen) atoms. The highest BCUT2D eigenvalue weighted by Gasteiger charge is 2.23. The zero-order valence-corrected chi connectivity index (χ0v) is 26.0. The summed E-state index contributed by atoms with van der Waals surface area (Å²) in [6.07, 6.45) is 3.34. The number of unbranched alkanes of at least 4 members (excludes halogenated alkanes) is 1. The summed E-state index contributed by atoms with van der Waals surface area (Å²) in [7, 11) is 1.67. The number of hydrogen-bond donors (Lipinski definition) is 2. The van der Waals surface area contributed by atoms with E-state index in [0.29, 0.717) is 6.54 Å². The average Bonchev–Trinajstić information content (AvgIpc) is 3.48. The monoisotopic (exact) mass is 606 g/mol. The Morgan fingerprint density at radius 2 is 1.59 bits per heavy atom. The Hall–Kier alpha value is -4.56. The summed E-state index contributed by atoms with van der Waals surface area (Å²) >= 11 is 1.69. The molecule has 0 aliphatic rings. The number of nitrogens with zero attached hydrogens (tertiary/aromatic N) is 3. The van der Waals surface area contributed by atoms with Gasteiger partial charge < -0.3 is 15.2 Å². The van der Waals surface area contributed by atoms with E-state index in [2.05, 4.69) is 65.3 Å². The Balaban J connectivity index is 1.35. The van der Waals surface area contributed by atoms with Crippen molar-refractivity contribution in [2.24, 2.45) is 0 Å². The fourth-order valence-electron chi connectivity index (χ4n) is 5.14. The van der Waals surface area contributed by atoms with E-state index in [-0.39, 0.29) is 23.1 Å². The third-order valence-corrected chi connectivity index (χ3v) is 8.58. The Bertz CT molecular complexity index is 1640. The number of methoxy groups -OCH3 is 1.